The molecule has 1 aliphatic rings. The van der Waals surface area contributed by atoms with Gasteiger partial charge in [-0.2, -0.15) is 0 Å². The van der Waals surface area contributed by atoms with Crippen molar-refractivity contribution in [2.75, 3.05) is 12.4 Å². The topological polar surface area (TPSA) is 46.5 Å². The minimum atomic E-state index is -1.46. The number of allylic oxidation sites excluding steroid dienone is 3. The Hall–Kier alpha value is -0.610. The molecule has 0 saturated carbocycles. The number of ether oxygens (including phenoxy) is 1. The van der Waals surface area contributed by atoms with Crippen molar-refractivity contribution < 1.29 is 14.6 Å². The maximum Gasteiger partial charge on any atom is 0.339 e. The predicted molar refractivity (Wildman–Crippen MR) is 61.8 cm³/mol. The van der Waals surface area contributed by atoms with Crippen molar-refractivity contribution in [3.8, 4) is 0 Å². The van der Waals surface area contributed by atoms with Crippen LogP contribution in [-0.2, 0) is 9.53 Å². The molecule has 0 unspecified atom stereocenters. The molecule has 1 rings (SSSR count). The smallest absolute Gasteiger partial charge is 0.339 e. The van der Waals surface area contributed by atoms with Gasteiger partial charge in [0.25, 0.3) is 0 Å². The molecule has 84 valence electrons. The summed E-state index contributed by atoms with van der Waals surface area (Å²) >= 11 is 3.14. The van der Waals surface area contributed by atoms with Crippen molar-refractivity contribution >= 4 is 21.9 Å². The Morgan fingerprint density at radius 2 is 2.40 bits per heavy atom. The van der Waals surface area contributed by atoms with E-state index in [-0.39, 0.29) is 5.33 Å². The molecule has 0 radical (unpaired) electrons. The third kappa shape index (κ3) is 3.18. The molecule has 0 amide bonds. The first kappa shape index (κ1) is 12.5. The fourth-order valence-corrected chi connectivity index (χ4v) is 1.93. The quantitative estimate of drug-likeness (QED) is 0.630. The molecule has 15 heavy (non-hydrogen) atoms. The summed E-state index contributed by atoms with van der Waals surface area (Å²) in [4.78, 5) is 11.4. The van der Waals surface area contributed by atoms with Gasteiger partial charge >= 0.3 is 5.97 Å². The summed E-state index contributed by atoms with van der Waals surface area (Å²) in [5, 5.41) is 10.2. The lowest BCUT2D eigenvalue weighted by atomic mass is 9.93. The highest BCUT2D eigenvalue weighted by Gasteiger charge is 2.36. The third-order valence-corrected chi connectivity index (χ3v) is 3.28. The van der Waals surface area contributed by atoms with Gasteiger partial charge in [0.05, 0.1) is 7.11 Å². The first-order valence-corrected chi connectivity index (χ1v) is 5.97. The van der Waals surface area contributed by atoms with Gasteiger partial charge < -0.3 is 9.84 Å². The first-order valence-electron chi connectivity index (χ1n) is 4.85. The Kier molecular flexibility index (Phi) is 4.54. The van der Waals surface area contributed by atoms with E-state index in [1.807, 2.05) is 18.2 Å². The lowest BCUT2D eigenvalue weighted by Gasteiger charge is -2.23. The Balaban J connectivity index is 2.71. The summed E-state index contributed by atoms with van der Waals surface area (Å²) in [6.45, 7) is 0. The van der Waals surface area contributed by atoms with Crippen LogP contribution in [0.1, 0.15) is 19.3 Å². The van der Waals surface area contributed by atoms with E-state index < -0.39 is 11.6 Å². The number of methoxy groups -OCH3 is 1. The summed E-state index contributed by atoms with van der Waals surface area (Å²) in [5.41, 5.74) is -0.476. The van der Waals surface area contributed by atoms with Gasteiger partial charge in [0.2, 0.25) is 0 Å². The molecule has 0 aromatic heterocycles. The fourth-order valence-electron chi connectivity index (χ4n) is 1.50. The Labute approximate surface area is 97.9 Å². The van der Waals surface area contributed by atoms with Crippen molar-refractivity contribution in [1.82, 2.24) is 0 Å². The van der Waals surface area contributed by atoms with E-state index in [2.05, 4.69) is 20.7 Å². The summed E-state index contributed by atoms with van der Waals surface area (Å²) in [5.74, 6) is -0.598. The van der Waals surface area contributed by atoms with E-state index in [0.29, 0.717) is 6.42 Å². The normalized spacial score (nSPS) is 19.3. The number of halogens is 1. The van der Waals surface area contributed by atoms with Gasteiger partial charge in [0.1, 0.15) is 0 Å². The van der Waals surface area contributed by atoms with Crippen LogP contribution >= 0.6 is 15.9 Å². The van der Waals surface area contributed by atoms with Gasteiger partial charge in [-0.25, -0.2) is 4.79 Å². The SMILES string of the molecule is COC(=O)[C@@](O)(CBr)CC1=CCCC=C1. The molecule has 0 aromatic carbocycles. The molecule has 4 heteroatoms. The molecule has 1 atom stereocenters. The summed E-state index contributed by atoms with van der Waals surface area (Å²) in [6.07, 6.45) is 8.30. The zero-order valence-corrected chi connectivity index (χ0v) is 10.3. The average Bonchev–Trinajstić information content (AvgIpc) is 2.29. The molecular formula is C11H15BrO3. The molecule has 0 heterocycles. The lowest BCUT2D eigenvalue weighted by molar-refractivity contribution is -0.159. The second kappa shape index (κ2) is 5.47. The van der Waals surface area contributed by atoms with Gasteiger partial charge in [-0.3, -0.25) is 0 Å². The highest BCUT2D eigenvalue weighted by molar-refractivity contribution is 9.09. The summed E-state index contributed by atoms with van der Waals surface area (Å²) in [6, 6.07) is 0. The maximum absolute atomic E-state index is 11.4. The molecular weight excluding hydrogens is 260 g/mol. The van der Waals surface area contributed by atoms with E-state index in [0.717, 1.165) is 18.4 Å². The van der Waals surface area contributed by atoms with Crippen LogP contribution in [-0.4, -0.2) is 29.1 Å². The Bertz CT molecular complexity index is 296. The predicted octanol–water partition coefficient (Wildman–Crippen LogP) is 1.95. The van der Waals surface area contributed by atoms with Crippen molar-refractivity contribution in [1.29, 1.82) is 0 Å². The van der Waals surface area contributed by atoms with Crippen LogP contribution in [0.3, 0.4) is 0 Å². The van der Waals surface area contributed by atoms with Gasteiger partial charge in [-0.05, 0) is 18.4 Å². The number of alkyl halides is 1. The number of hydrogen-bond acceptors (Lipinski definition) is 3. The highest BCUT2D eigenvalue weighted by atomic mass is 79.9. The Morgan fingerprint density at radius 3 is 2.87 bits per heavy atom. The number of aliphatic hydroxyl groups is 1. The molecule has 0 aromatic rings. The molecule has 0 bridgehead atoms. The monoisotopic (exact) mass is 274 g/mol. The molecule has 1 aliphatic carbocycles. The first-order chi connectivity index (χ1) is 7.12. The molecule has 0 saturated heterocycles. The standard InChI is InChI=1S/C11H15BrO3/c1-15-10(13)11(14,8-12)7-9-5-3-2-4-6-9/h3,5-6,14H,2,4,7-8H2,1H3/t11-/m0/s1. The number of carbonyl (C=O) groups excluding carboxylic acids is 1. The number of carbonyl (C=O) groups is 1. The molecule has 0 aliphatic heterocycles. The van der Waals surface area contributed by atoms with Crippen LogP contribution in [0.25, 0.3) is 0 Å². The minimum Gasteiger partial charge on any atom is -0.467 e. The minimum absolute atomic E-state index is 0.178. The van der Waals surface area contributed by atoms with E-state index in [9.17, 15) is 9.90 Å². The lowest BCUT2D eigenvalue weighted by Crippen LogP contribution is -2.41. The number of esters is 1. The van der Waals surface area contributed by atoms with E-state index in [4.69, 9.17) is 0 Å². The van der Waals surface area contributed by atoms with Crippen molar-refractivity contribution in [2.45, 2.75) is 24.9 Å². The van der Waals surface area contributed by atoms with Gasteiger partial charge in [-0.15, -0.1) is 0 Å². The Morgan fingerprint density at radius 1 is 1.67 bits per heavy atom. The number of rotatable bonds is 4. The van der Waals surface area contributed by atoms with E-state index in [1.54, 1.807) is 0 Å². The maximum atomic E-state index is 11.4. The van der Waals surface area contributed by atoms with E-state index >= 15 is 0 Å². The van der Waals surface area contributed by atoms with Crippen molar-refractivity contribution in [2.24, 2.45) is 0 Å². The molecule has 0 spiro atoms. The molecule has 0 fully saturated rings. The zero-order valence-electron chi connectivity index (χ0n) is 8.70. The fraction of sp³-hybridized carbons (Fsp3) is 0.545. The van der Waals surface area contributed by atoms with Gasteiger partial charge in [-0.1, -0.05) is 34.2 Å². The van der Waals surface area contributed by atoms with Crippen molar-refractivity contribution in [3.05, 3.63) is 23.8 Å². The van der Waals surface area contributed by atoms with Crippen LogP contribution in [0.4, 0.5) is 0 Å². The van der Waals surface area contributed by atoms with Crippen molar-refractivity contribution in [3.63, 3.8) is 0 Å². The number of hydrogen-bond donors (Lipinski definition) is 1. The van der Waals surface area contributed by atoms with E-state index in [1.165, 1.54) is 7.11 Å². The van der Waals surface area contributed by atoms with Crippen LogP contribution in [0, 0.1) is 0 Å². The van der Waals surface area contributed by atoms with Crippen LogP contribution < -0.4 is 0 Å². The van der Waals surface area contributed by atoms with Gasteiger partial charge in [0.15, 0.2) is 5.60 Å². The zero-order chi connectivity index (χ0) is 11.3. The van der Waals surface area contributed by atoms with Gasteiger partial charge in [0, 0.05) is 11.8 Å². The third-order valence-electron chi connectivity index (χ3n) is 2.35. The second-order valence-electron chi connectivity index (χ2n) is 3.59. The molecule has 3 nitrogen and oxygen atoms in total. The highest BCUT2D eigenvalue weighted by Crippen LogP contribution is 2.24. The molecule has 1 N–H and O–H groups in total. The largest absolute Gasteiger partial charge is 0.467 e. The second-order valence-corrected chi connectivity index (χ2v) is 4.15. The van der Waals surface area contributed by atoms with Crippen LogP contribution in [0.2, 0.25) is 0 Å². The van der Waals surface area contributed by atoms with Crippen LogP contribution in [0.5, 0.6) is 0 Å². The summed E-state index contributed by atoms with van der Waals surface area (Å²) in [7, 11) is 1.28. The average molecular weight is 275 g/mol. The summed E-state index contributed by atoms with van der Waals surface area (Å²) < 4.78 is 4.58. The van der Waals surface area contributed by atoms with Crippen LogP contribution in [0.15, 0.2) is 23.8 Å².